The van der Waals surface area contributed by atoms with E-state index in [-0.39, 0.29) is 41.1 Å². The van der Waals surface area contributed by atoms with Gasteiger partial charge >= 0.3 is 0 Å². The number of aliphatic imine (C=N–C) groups is 1. The molecule has 0 atom stereocenters. The molecule has 1 aliphatic carbocycles. The first-order chi connectivity index (χ1) is 12.3. The summed E-state index contributed by atoms with van der Waals surface area (Å²) in [6.07, 6.45) is 1.93. The lowest BCUT2D eigenvalue weighted by Gasteiger charge is -2.23. The molecule has 1 aliphatic rings. The number of amides is 1. The van der Waals surface area contributed by atoms with Crippen LogP contribution >= 0.6 is 24.0 Å². The van der Waals surface area contributed by atoms with Gasteiger partial charge in [0.05, 0.1) is 12.0 Å². The van der Waals surface area contributed by atoms with Crippen molar-refractivity contribution in [2.45, 2.75) is 46.0 Å². The third-order valence-corrected chi connectivity index (χ3v) is 4.82. The predicted octanol–water partition coefficient (Wildman–Crippen LogP) is 3.19. The normalized spacial score (nSPS) is 15.5. The summed E-state index contributed by atoms with van der Waals surface area (Å²) in [5, 5.41) is 9.38. The van der Waals surface area contributed by atoms with Crippen molar-refractivity contribution >= 4 is 35.8 Å². The smallest absolute Gasteiger partial charge is 0.227 e. The van der Waals surface area contributed by atoms with E-state index < -0.39 is 5.41 Å². The number of guanidine groups is 1. The number of rotatable bonds is 8. The van der Waals surface area contributed by atoms with Crippen LogP contribution in [0.25, 0.3) is 0 Å². The molecular weight excluding hydrogens is 458 g/mol. The van der Waals surface area contributed by atoms with Crippen molar-refractivity contribution in [3.63, 3.8) is 0 Å². The molecule has 1 aromatic carbocycles. The highest BCUT2D eigenvalue weighted by Gasteiger charge is 2.45. The summed E-state index contributed by atoms with van der Waals surface area (Å²) in [7, 11) is 0. The molecule has 0 aliphatic heterocycles. The van der Waals surface area contributed by atoms with Gasteiger partial charge < -0.3 is 16.0 Å². The van der Waals surface area contributed by atoms with Gasteiger partial charge in [-0.1, -0.05) is 18.2 Å². The Hall–Kier alpha value is -1.38. The molecule has 152 valence electrons. The number of carbonyl (C=O) groups is 1. The fourth-order valence-corrected chi connectivity index (χ4v) is 2.93. The average Bonchev–Trinajstić information content (AvgIpc) is 3.39. The quantitative estimate of drug-likeness (QED) is 0.298. The van der Waals surface area contributed by atoms with Crippen LogP contribution in [0.4, 0.5) is 4.39 Å². The van der Waals surface area contributed by atoms with Crippen LogP contribution in [0.1, 0.15) is 46.1 Å². The first-order valence-corrected chi connectivity index (χ1v) is 9.40. The summed E-state index contributed by atoms with van der Waals surface area (Å²) in [5.74, 6) is 0.503. The minimum Gasteiger partial charge on any atom is -0.357 e. The molecular formula is C20H32FIN4O. The van der Waals surface area contributed by atoms with E-state index in [4.69, 9.17) is 0 Å². The van der Waals surface area contributed by atoms with Crippen LogP contribution < -0.4 is 16.0 Å². The molecule has 5 nitrogen and oxygen atoms in total. The van der Waals surface area contributed by atoms with Crippen LogP contribution in [0.2, 0.25) is 0 Å². The Morgan fingerprint density at radius 2 is 1.78 bits per heavy atom. The van der Waals surface area contributed by atoms with Crippen molar-refractivity contribution in [2.75, 3.05) is 26.2 Å². The van der Waals surface area contributed by atoms with Crippen LogP contribution in [0.15, 0.2) is 29.3 Å². The van der Waals surface area contributed by atoms with Gasteiger partial charge in [0.15, 0.2) is 5.96 Å². The van der Waals surface area contributed by atoms with Crippen molar-refractivity contribution in [3.05, 3.63) is 35.6 Å². The topological polar surface area (TPSA) is 65.5 Å². The standard InChI is InChI=1S/C20H31FN4O.HI/c1-5-22-17(26)19(3,4)13-24-18(23-6-2)25-14-20(11-12-20)15-9-7-8-10-16(15)21;/h7-10H,5-6,11-14H2,1-4H3,(H,22,26)(H2,23,24,25);1H. The molecule has 0 bridgehead atoms. The van der Waals surface area contributed by atoms with Crippen LogP contribution in [0.3, 0.4) is 0 Å². The molecule has 0 radical (unpaired) electrons. The zero-order chi connectivity index (χ0) is 19.2. The Bertz CT molecular complexity index is 659. The van der Waals surface area contributed by atoms with E-state index in [0.717, 1.165) is 24.9 Å². The highest BCUT2D eigenvalue weighted by atomic mass is 127. The van der Waals surface area contributed by atoms with Crippen molar-refractivity contribution in [1.29, 1.82) is 0 Å². The summed E-state index contributed by atoms with van der Waals surface area (Å²) >= 11 is 0. The first kappa shape index (κ1) is 23.7. The summed E-state index contributed by atoms with van der Waals surface area (Å²) < 4.78 is 14.1. The van der Waals surface area contributed by atoms with Gasteiger partial charge in [-0.25, -0.2) is 4.39 Å². The highest BCUT2D eigenvalue weighted by molar-refractivity contribution is 14.0. The second-order valence-electron chi connectivity index (χ2n) is 7.55. The number of nitrogens with one attached hydrogen (secondary N) is 3. The van der Waals surface area contributed by atoms with Gasteiger partial charge in [-0.2, -0.15) is 0 Å². The van der Waals surface area contributed by atoms with Gasteiger partial charge in [-0.15, -0.1) is 24.0 Å². The van der Waals surface area contributed by atoms with Crippen LogP contribution in [-0.4, -0.2) is 38.0 Å². The zero-order valence-electron chi connectivity index (χ0n) is 16.7. The fourth-order valence-electron chi connectivity index (χ4n) is 2.93. The Labute approximate surface area is 179 Å². The second kappa shape index (κ2) is 10.2. The van der Waals surface area contributed by atoms with E-state index >= 15 is 0 Å². The van der Waals surface area contributed by atoms with Crippen LogP contribution in [0.5, 0.6) is 0 Å². The summed E-state index contributed by atoms with van der Waals surface area (Å²) in [6.45, 7) is 9.99. The van der Waals surface area contributed by atoms with Gasteiger partial charge in [-0.3, -0.25) is 9.79 Å². The van der Waals surface area contributed by atoms with Gasteiger partial charge in [0.2, 0.25) is 5.91 Å². The third-order valence-electron chi connectivity index (χ3n) is 4.82. The maximum Gasteiger partial charge on any atom is 0.227 e. The molecule has 0 spiro atoms. The number of benzene rings is 1. The molecule has 27 heavy (non-hydrogen) atoms. The van der Waals surface area contributed by atoms with E-state index in [1.807, 2.05) is 39.8 Å². The van der Waals surface area contributed by atoms with E-state index in [9.17, 15) is 9.18 Å². The Balaban J connectivity index is 0.00000364. The lowest BCUT2D eigenvalue weighted by molar-refractivity contribution is -0.128. The fraction of sp³-hybridized carbons (Fsp3) is 0.600. The van der Waals surface area contributed by atoms with E-state index in [2.05, 4.69) is 20.9 Å². The summed E-state index contributed by atoms with van der Waals surface area (Å²) in [4.78, 5) is 16.7. The SMILES string of the molecule is CCNC(=O)C(C)(C)CN=C(NCC)NCC1(c2ccccc2F)CC1.I. The van der Waals surface area contributed by atoms with Crippen molar-refractivity contribution in [2.24, 2.45) is 10.4 Å². The number of nitrogens with zero attached hydrogens (tertiary/aromatic N) is 1. The number of hydrogen-bond donors (Lipinski definition) is 3. The van der Waals surface area contributed by atoms with Gasteiger partial charge in [-0.05, 0) is 52.2 Å². The second-order valence-corrected chi connectivity index (χ2v) is 7.55. The Kier molecular flexibility index (Phi) is 8.98. The lowest BCUT2D eigenvalue weighted by atomic mass is 9.92. The largest absolute Gasteiger partial charge is 0.357 e. The molecule has 0 aromatic heterocycles. The van der Waals surface area contributed by atoms with Gasteiger partial charge in [0.1, 0.15) is 5.82 Å². The van der Waals surface area contributed by atoms with Crippen molar-refractivity contribution in [1.82, 2.24) is 16.0 Å². The van der Waals surface area contributed by atoms with E-state index in [1.54, 1.807) is 6.07 Å². The number of halogens is 2. The average molecular weight is 490 g/mol. The molecule has 1 amide bonds. The van der Waals surface area contributed by atoms with E-state index in [1.165, 1.54) is 6.07 Å². The molecule has 2 rings (SSSR count). The van der Waals surface area contributed by atoms with Gasteiger partial charge in [0.25, 0.3) is 0 Å². The maximum absolute atomic E-state index is 14.1. The molecule has 1 aromatic rings. The van der Waals surface area contributed by atoms with E-state index in [0.29, 0.717) is 25.6 Å². The van der Waals surface area contributed by atoms with Crippen LogP contribution in [0, 0.1) is 11.2 Å². The lowest BCUT2D eigenvalue weighted by Crippen LogP contribution is -2.43. The molecule has 0 unspecified atom stereocenters. The first-order valence-electron chi connectivity index (χ1n) is 9.40. The monoisotopic (exact) mass is 490 g/mol. The molecule has 0 saturated heterocycles. The van der Waals surface area contributed by atoms with Crippen LogP contribution in [-0.2, 0) is 10.2 Å². The molecule has 7 heteroatoms. The van der Waals surface area contributed by atoms with Gasteiger partial charge in [0, 0.05) is 25.0 Å². The Morgan fingerprint density at radius 1 is 1.15 bits per heavy atom. The number of carbonyl (C=O) groups excluding carboxylic acids is 1. The highest BCUT2D eigenvalue weighted by Crippen LogP contribution is 2.48. The van der Waals surface area contributed by atoms with Crippen molar-refractivity contribution in [3.8, 4) is 0 Å². The molecule has 3 N–H and O–H groups in total. The minimum atomic E-state index is -0.582. The van der Waals surface area contributed by atoms with Crippen molar-refractivity contribution < 1.29 is 9.18 Å². The Morgan fingerprint density at radius 3 is 2.33 bits per heavy atom. The maximum atomic E-state index is 14.1. The zero-order valence-corrected chi connectivity index (χ0v) is 19.0. The summed E-state index contributed by atoms with van der Waals surface area (Å²) in [6, 6.07) is 6.99. The molecule has 0 heterocycles. The predicted molar refractivity (Wildman–Crippen MR) is 119 cm³/mol. The number of hydrogen-bond acceptors (Lipinski definition) is 2. The molecule has 1 fully saturated rings. The summed E-state index contributed by atoms with van der Waals surface area (Å²) in [5.41, 5.74) is 0.0312. The third kappa shape index (κ3) is 6.33. The minimum absolute atomic E-state index is 0. The molecule has 1 saturated carbocycles.